The molecule has 0 aliphatic heterocycles. The molecule has 0 unspecified atom stereocenters. The minimum Gasteiger partial charge on any atom is -0.489 e. The minimum atomic E-state index is 0.580. The molecule has 0 fully saturated rings. The van der Waals surface area contributed by atoms with Crippen molar-refractivity contribution in [2.75, 3.05) is 0 Å². The van der Waals surface area contributed by atoms with Crippen molar-refractivity contribution in [2.24, 2.45) is 0 Å². The van der Waals surface area contributed by atoms with E-state index in [-0.39, 0.29) is 0 Å². The first-order valence-corrected chi connectivity index (χ1v) is 8.67. The Morgan fingerprint density at radius 1 is 0.692 bits per heavy atom. The van der Waals surface area contributed by atoms with Gasteiger partial charge in [0.25, 0.3) is 0 Å². The third-order valence-corrected chi connectivity index (χ3v) is 4.19. The monoisotopic (exact) mass is 337 g/mol. The van der Waals surface area contributed by atoms with Gasteiger partial charge in [-0.3, -0.25) is 0 Å². The van der Waals surface area contributed by atoms with Gasteiger partial charge in [-0.2, -0.15) is 0 Å². The van der Waals surface area contributed by atoms with Gasteiger partial charge in [-0.05, 0) is 41.5 Å². The molecule has 0 saturated heterocycles. The number of nitrogens with zero attached hydrogens (tertiary/aromatic N) is 1. The van der Waals surface area contributed by atoms with Gasteiger partial charge in [0.1, 0.15) is 12.4 Å². The van der Waals surface area contributed by atoms with E-state index in [1.807, 2.05) is 60.7 Å². The number of hydrogen-bond acceptors (Lipinski definition) is 2. The summed E-state index contributed by atoms with van der Waals surface area (Å²) in [4.78, 5) is 4.66. The van der Waals surface area contributed by atoms with Gasteiger partial charge in [0.15, 0.2) is 0 Å². The fourth-order valence-corrected chi connectivity index (χ4v) is 2.77. The summed E-state index contributed by atoms with van der Waals surface area (Å²) in [6, 6.07) is 30.6. The smallest absolute Gasteiger partial charge is 0.119 e. The van der Waals surface area contributed by atoms with Crippen LogP contribution in [0.15, 0.2) is 91.0 Å². The summed E-state index contributed by atoms with van der Waals surface area (Å²) in [6.07, 6.45) is 4.10. The predicted molar refractivity (Wildman–Crippen MR) is 108 cm³/mol. The number of aromatic nitrogens is 1. The molecule has 0 aliphatic rings. The van der Waals surface area contributed by atoms with Crippen LogP contribution >= 0.6 is 0 Å². The molecule has 0 atom stereocenters. The van der Waals surface area contributed by atoms with Crippen LogP contribution in [0.2, 0.25) is 0 Å². The Morgan fingerprint density at radius 2 is 1.46 bits per heavy atom. The van der Waals surface area contributed by atoms with E-state index in [4.69, 9.17) is 4.74 Å². The summed E-state index contributed by atoms with van der Waals surface area (Å²) in [7, 11) is 0. The van der Waals surface area contributed by atoms with Gasteiger partial charge >= 0.3 is 0 Å². The van der Waals surface area contributed by atoms with Gasteiger partial charge in [0, 0.05) is 5.39 Å². The molecule has 0 bridgehead atoms. The molecule has 26 heavy (non-hydrogen) atoms. The van der Waals surface area contributed by atoms with Crippen molar-refractivity contribution < 1.29 is 4.74 Å². The van der Waals surface area contributed by atoms with Gasteiger partial charge in [0.2, 0.25) is 0 Å². The standard InChI is InChI=1S/C24H19NO/c1-2-6-20(7-3-1)18-26-23-16-11-19(12-17-23)10-14-22-15-13-21-8-4-5-9-24(21)25-22/h1-17H,18H2. The Morgan fingerprint density at radius 3 is 2.31 bits per heavy atom. The lowest BCUT2D eigenvalue weighted by molar-refractivity contribution is 0.306. The molecule has 2 nitrogen and oxygen atoms in total. The highest BCUT2D eigenvalue weighted by Crippen LogP contribution is 2.17. The van der Waals surface area contributed by atoms with E-state index in [0.717, 1.165) is 27.9 Å². The maximum absolute atomic E-state index is 5.82. The van der Waals surface area contributed by atoms with Crippen LogP contribution in [-0.4, -0.2) is 4.98 Å². The highest BCUT2D eigenvalue weighted by Gasteiger charge is 1.97. The van der Waals surface area contributed by atoms with Crippen molar-refractivity contribution in [1.82, 2.24) is 4.98 Å². The van der Waals surface area contributed by atoms with Gasteiger partial charge < -0.3 is 4.74 Å². The average molecular weight is 337 g/mol. The molecule has 0 amide bonds. The molecule has 0 aliphatic carbocycles. The Kier molecular flexibility index (Phi) is 4.74. The van der Waals surface area contributed by atoms with Crippen LogP contribution < -0.4 is 4.74 Å². The van der Waals surface area contributed by atoms with Crippen LogP contribution in [-0.2, 0) is 6.61 Å². The second-order valence-corrected chi connectivity index (χ2v) is 6.11. The molecular formula is C24H19NO. The molecule has 0 radical (unpaired) electrons. The average Bonchev–Trinajstić information content (AvgIpc) is 2.72. The second-order valence-electron chi connectivity index (χ2n) is 6.11. The highest BCUT2D eigenvalue weighted by molar-refractivity contribution is 5.80. The number of hydrogen-bond donors (Lipinski definition) is 0. The molecule has 4 rings (SSSR count). The van der Waals surface area contributed by atoms with Crippen molar-refractivity contribution in [1.29, 1.82) is 0 Å². The molecule has 0 spiro atoms. The van der Waals surface area contributed by atoms with Gasteiger partial charge in [-0.1, -0.05) is 72.8 Å². The van der Waals surface area contributed by atoms with E-state index in [2.05, 4.69) is 47.5 Å². The summed E-state index contributed by atoms with van der Waals surface area (Å²) in [6.45, 7) is 0.580. The summed E-state index contributed by atoms with van der Waals surface area (Å²) in [5, 5.41) is 1.16. The largest absolute Gasteiger partial charge is 0.489 e. The summed E-state index contributed by atoms with van der Waals surface area (Å²) in [5.74, 6) is 0.870. The summed E-state index contributed by atoms with van der Waals surface area (Å²) < 4.78 is 5.82. The zero-order chi connectivity index (χ0) is 17.6. The fourth-order valence-electron chi connectivity index (χ4n) is 2.77. The lowest BCUT2D eigenvalue weighted by Gasteiger charge is -2.06. The third-order valence-electron chi connectivity index (χ3n) is 4.19. The molecule has 126 valence electrons. The lowest BCUT2D eigenvalue weighted by Crippen LogP contribution is -1.94. The zero-order valence-electron chi connectivity index (χ0n) is 14.4. The Hall–Kier alpha value is -3.39. The molecule has 0 N–H and O–H groups in total. The molecule has 1 heterocycles. The Bertz CT molecular complexity index is 1020. The van der Waals surface area contributed by atoms with E-state index in [9.17, 15) is 0 Å². The summed E-state index contributed by atoms with van der Waals surface area (Å²) >= 11 is 0. The van der Waals surface area contributed by atoms with E-state index < -0.39 is 0 Å². The van der Waals surface area contributed by atoms with Gasteiger partial charge in [-0.15, -0.1) is 0 Å². The van der Waals surface area contributed by atoms with Crippen molar-refractivity contribution in [3.8, 4) is 5.75 Å². The van der Waals surface area contributed by atoms with E-state index >= 15 is 0 Å². The van der Waals surface area contributed by atoms with E-state index in [0.29, 0.717) is 6.61 Å². The Labute approximate surface area is 153 Å². The Balaban J connectivity index is 1.42. The van der Waals surface area contributed by atoms with Crippen LogP contribution in [0.1, 0.15) is 16.8 Å². The topological polar surface area (TPSA) is 22.1 Å². The van der Waals surface area contributed by atoms with Gasteiger partial charge in [-0.25, -0.2) is 4.98 Å². The SMILES string of the molecule is C(=Cc1ccc2ccccc2n1)c1ccc(OCc2ccccc2)cc1. The minimum absolute atomic E-state index is 0.580. The zero-order valence-corrected chi connectivity index (χ0v) is 14.4. The second kappa shape index (κ2) is 7.66. The van der Waals surface area contributed by atoms with Crippen LogP contribution in [0.4, 0.5) is 0 Å². The van der Waals surface area contributed by atoms with Crippen molar-refractivity contribution >= 4 is 23.1 Å². The first-order chi connectivity index (χ1) is 12.9. The molecule has 1 aromatic heterocycles. The third kappa shape index (κ3) is 3.98. The van der Waals surface area contributed by atoms with Crippen LogP contribution in [0.3, 0.4) is 0 Å². The number of fused-ring (bicyclic) bond motifs is 1. The molecule has 2 heteroatoms. The van der Waals surface area contributed by atoms with Gasteiger partial charge in [0.05, 0.1) is 11.2 Å². The number of para-hydroxylation sites is 1. The predicted octanol–water partition coefficient (Wildman–Crippen LogP) is 5.98. The van der Waals surface area contributed by atoms with Crippen molar-refractivity contribution in [3.63, 3.8) is 0 Å². The maximum Gasteiger partial charge on any atom is 0.119 e. The number of rotatable bonds is 5. The van der Waals surface area contributed by atoms with Crippen LogP contribution in [0, 0.1) is 0 Å². The number of benzene rings is 3. The van der Waals surface area contributed by atoms with E-state index in [1.54, 1.807) is 0 Å². The molecule has 0 saturated carbocycles. The fraction of sp³-hybridized carbons (Fsp3) is 0.0417. The van der Waals surface area contributed by atoms with Crippen LogP contribution in [0.25, 0.3) is 23.1 Å². The first kappa shape index (κ1) is 16.1. The van der Waals surface area contributed by atoms with E-state index in [1.165, 1.54) is 5.56 Å². The van der Waals surface area contributed by atoms with Crippen molar-refractivity contribution in [3.05, 3.63) is 108 Å². The first-order valence-electron chi connectivity index (χ1n) is 8.67. The lowest BCUT2D eigenvalue weighted by atomic mass is 10.1. The molecule has 4 aromatic rings. The van der Waals surface area contributed by atoms with Crippen LogP contribution in [0.5, 0.6) is 5.75 Å². The maximum atomic E-state index is 5.82. The number of ether oxygens (including phenoxy) is 1. The number of pyridine rings is 1. The van der Waals surface area contributed by atoms with Crippen molar-refractivity contribution in [2.45, 2.75) is 6.61 Å². The quantitative estimate of drug-likeness (QED) is 0.446. The highest BCUT2D eigenvalue weighted by atomic mass is 16.5. The molecular weight excluding hydrogens is 318 g/mol. The normalized spacial score (nSPS) is 11.1. The summed E-state index contributed by atoms with van der Waals surface area (Å²) in [5.41, 5.74) is 4.25. The molecule has 3 aromatic carbocycles.